The second-order valence-corrected chi connectivity index (χ2v) is 7.74. The van der Waals surface area contributed by atoms with Gasteiger partial charge in [-0.3, -0.25) is 9.69 Å². The molecule has 0 N–H and O–H groups in total. The van der Waals surface area contributed by atoms with Gasteiger partial charge in [0.15, 0.2) is 0 Å². The van der Waals surface area contributed by atoms with E-state index >= 15 is 0 Å². The smallest absolute Gasteiger partial charge is 0.243 e. The zero-order chi connectivity index (χ0) is 20.2. The lowest BCUT2D eigenvalue weighted by Crippen LogP contribution is -2.47. The number of aryl methyl sites for hydroxylation is 1. The Hall–Kier alpha value is -2.09. The first kappa shape index (κ1) is 20.2. The van der Waals surface area contributed by atoms with Gasteiger partial charge in [-0.2, -0.15) is 0 Å². The largest absolute Gasteiger partial charge is 0.484 e. The van der Waals surface area contributed by atoms with Crippen LogP contribution >= 0.6 is 0 Å². The SMILES string of the molecule is CCN1CCN(CCOc2c(N3CCOCC3)oc3c(C)cccc3c2=O)CC1. The zero-order valence-corrected chi connectivity index (χ0v) is 17.5. The van der Waals surface area contributed by atoms with Gasteiger partial charge in [0.1, 0.15) is 12.2 Å². The highest BCUT2D eigenvalue weighted by molar-refractivity contribution is 5.83. The first-order valence-corrected chi connectivity index (χ1v) is 10.6. The van der Waals surface area contributed by atoms with Crippen molar-refractivity contribution in [2.45, 2.75) is 13.8 Å². The van der Waals surface area contributed by atoms with E-state index in [0.717, 1.165) is 44.8 Å². The van der Waals surface area contributed by atoms with Crippen LogP contribution in [0.15, 0.2) is 27.4 Å². The van der Waals surface area contributed by atoms with Gasteiger partial charge in [0.05, 0.1) is 18.6 Å². The fourth-order valence-electron chi connectivity index (χ4n) is 4.04. The Bertz CT molecular complexity index is 883. The van der Waals surface area contributed by atoms with Crippen molar-refractivity contribution in [2.24, 2.45) is 0 Å². The van der Waals surface area contributed by atoms with Crippen LogP contribution in [0.3, 0.4) is 0 Å². The molecule has 2 saturated heterocycles. The number of ether oxygens (including phenoxy) is 2. The van der Waals surface area contributed by atoms with Gasteiger partial charge in [0, 0.05) is 45.8 Å². The summed E-state index contributed by atoms with van der Waals surface area (Å²) in [7, 11) is 0. The second-order valence-electron chi connectivity index (χ2n) is 7.74. The van der Waals surface area contributed by atoms with Crippen LogP contribution in [0.25, 0.3) is 11.0 Å². The number of likely N-dealkylation sites (N-methyl/N-ethyl adjacent to an activating group) is 1. The number of rotatable bonds is 6. The van der Waals surface area contributed by atoms with E-state index in [1.165, 1.54) is 0 Å². The van der Waals surface area contributed by atoms with Crippen molar-refractivity contribution in [1.29, 1.82) is 0 Å². The minimum Gasteiger partial charge on any atom is -0.484 e. The molecule has 2 aliphatic rings. The molecular formula is C22H31N3O4. The molecule has 0 atom stereocenters. The molecule has 7 heteroatoms. The Morgan fingerprint density at radius 2 is 1.76 bits per heavy atom. The van der Waals surface area contributed by atoms with E-state index in [2.05, 4.69) is 21.6 Å². The number of anilines is 1. The average Bonchev–Trinajstić information content (AvgIpc) is 2.77. The van der Waals surface area contributed by atoms with Gasteiger partial charge in [0.2, 0.25) is 17.1 Å². The molecule has 2 fully saturated rings. The number of morpholine rings is 1. The summed E-state index contributed by atoms with van der Waals surface area (Å²) < 4.78 is 17.8. The third-order valence-electron chi connectivity index (χ3n) is 5.92. The summed E-state index contributed by atoms with van der Waals surface area (Å²) in [6.45, 7) is 13.4. The summed E-state index contributed by atoms with van der Waals surface area (Å²) in [4.78, 5) is 20.2. The lowest BCUT2D eigenvalue weighted by atomic mass is 10.1. The van der Waals surface area contributed by atoms with Crippen LogP contribution in [0.1, 0.15) is 12.5 Å². The van der Waals surface area contributed by atoms with Crippen molar-refractivity contribution in [3.05, 3.63) is 34.0 Å². The van der Waals surface area contributed by atoms with Crippen molar-refractivity contribution in [3.8, 4) is 5.75 Å². The van der Waals surface area contributed by atoms with Gasteiger partial charge in [0.25, 0.3) is 0 Å². The Morgan fingerprint density at radius 1 is 1.03 bits per heavy atom. The molecule has 158 valence electrons. The molecule has 0 bridgehead atoms. The van der Waals surface area contributed by atoms with Gasteiger partial charge in [-0.25, -0.2) is 0 Å². The molecule has 0 aliphatic carbocycles. The summed E-state index contributed by atoms with van der Waals surface area (Å²) in [5.41, 5.74) is 1.50. The highest BCUT2D eigenvalue weighted by atomic mass is 16.5. The number of nitrogens with zero attached hydrogens (tertiary/aromatic N) is 3. The van der Waals surface area contributed by atoms with Gasteiger partial charge < -0.3 is 23.7 Å². The van der Waals surface area contributed by atoms with Gasteiger partial charge in [-0.1, -0.05) is 19.1 Å². The quantitative estimate of drug-likeness (QED) is 0.733. The van der Waals surface area contributed by atoms with Gasteiger partial charge >= 0.3 is 0 Å². The predicted octanol–water partition coefficient (Wildman–Crippen LogP) is 1.95. The van der Waals surface area contributed by atoms with E-state index in [9.17, 15) is 4.79 Å². The number of para-hydroxylation sites is 1. The number of piperazine rings is 1. The molecule has 29 heavy (non-hydrogen) atoms. The Labute approximate surface area is 171 Å². The summed E-state index contributed by atoms with van der Waals surface area (Å²) >= 11 is 0. The monoisotopic (exact) mass is 401 g/mol. The fourth-order valence-corrected chi connectivity index (χ4v) is 4.04. The topological polar surface area (TPSA) is 58.4 Å². The van der Waals surface area contributed by atoms with Crippen LogP contribution in [-0.4, -0.2) is 82.0 Å². The van der Waals surface area contributed by atoms with Crippen molar-refractivity contribution >= 4 is 16.9 Å². The predicted molar refractivity (Wildman–Crippen MR) is 114 cm³/mol. The second kappa shape index (κ2) is 9.15. The van der Waals surface area contributed by atoms with Crippen molar-refractivity contribution < 1.29 is 13.9 Å². The highest BCUT2D eigenvalue weighted by Gasteiger charge is 2.24. The molecular weight excluding hydrogens is 370 g/mol. The van der Waals surface area contributed by atoms with Crippen LogP contribution in [0.4, 0.5) is 5.88 Å². The summed E-state index contributed by atoms with van der Waals surface area (Å²) in [6.07, 6.45) is 0. The molecule has 2 aromatic rings. The molecule has 0 unspecified atom stereocenters. The average molecular weight is 402 g/mol. The fraction of sp³-hybridized carbons (Fsp3) is 0.591. The third-order valence-corrected chi connectivity index (χ3v) is 5.92. The minimum absolute atomic E-state index is 0.0905. The molecule has 0 radical (unpaired) electrons. The maximum absolute atomic E-state index is 13.2. The normalized spacial score (nSPS) is 19.0. The first-order valence-electron chi connectivity index (χ1n) is 10.6. The number of fused-ring (bicyclic) bond motifs is 1. The third kappa shape index (κ3) is 4.42. The van der Waals surface area contributed by atoms with Crippen molar-refractivity contribution in [3.63, 3.8) is 0 Å². The molecule has 3 heterocycles. The van der Waals surface area contributed by atoms with Crippen LogP contribution in [0.5, 0.6) is 5.75 Å². The number of hydrogen-bond donors (Lipinski definition) is 0. The van der Waals surface area contributed by atoms with Gasteiger partial charge in [-0.05, 0) is 25.1 Å². The number of hydrogen-bond acceptors (Lipinski definition) is 7. The highest BCUT2D eigenvalue weighted by Crippen LogP contribution is 2.31. The van der Waals surface area contributed by atoms with E-state index in [1.54, 1.807) is 0 Å². The van der Waals surface area contributed by atoms with E-state index in [4.69, 9.17) is 13.9 Å². The first-order chi connectivity index (χ1) is 14.2. The molecule has 7 nitrogen and oxygen atoms in total. The van der Waals surface area contributed by atoms with Crippen LogP contribution < -0.4 is 15.1 Å². The maximum Gasteiger partial charge on any atom is 0.243 e. The van der Waals surface area contributed by atoms with Crippen LogP contribution in [0.2, 0.25) is 0 Å². The zero-order valence-electron chi connectivity index (χ0n) is 17.5. The maximum atomic E-state index is 13.2. The van der Waals surface area contributed by atoms with E-state index in [-0.39, 0.29) is 5.43 Å². The van der Waals surface area contributed by atoms with Crippen molar-refractivity contribution in [1.82, 2.24) is 9.80 Å². The van der Waals surface area contributed by atoms with Crippen molar-refractivity contribution in [2.75, 3.05) is 77.1 Å². The molecule has 0 saturated carbocycles. The van der Waals surface area contributed by atoms with Gasteiger partial charge in [-0.15, -0.1) is 0 Å². The Morgan fingerprint density at radius 3 is 2.48 bits per heavy atom. The lowest BCUT2D eigenvalue weighted by Gasteiger charge is -2.34. The Kier molecular flexibility index (Phi) is 6.37. The molecule has 0 spiro atoms. The standard InChI is InChI=1S/C22H31N3O4/c1-3-23-7-9-24(10-8-23)11-16-28-21-19(26)18-6-4-5-17(2)20(18)29-22(21)25-12-14-27-15-13-25/h4-6H,3,7-16H2,1-2H3. The number of benzene rings is 1. The molecule has 0 amide bonds. The van der Waals surface area contributed by atoms with Crippen LogP contribution in [0, 0.1) is 6.92 Å². The summed E-state index contributed by atoms with van der Waals surface area (Å²) in [5.74, 6) is 0.869. The van der Waals surface area contributed by atoms with Crippen LogP contribution in [-0.2, 0) is 4.74 Å². The lowest BCUT2D eigenvalue weighted by molar-refractivity contribution is 0.116. The Balaban J connectivity index is 1.55. The van der Waals surface area contributed by atoms with E-state index < -0.39 is 0 Å². The minimum atomic E-state index is -0.0905. The van der Waals surface area contributed by atoms with E-state index in [1.807, 2.05) is 25.1 Å². The molecule has 1 aromatic carbocycles. The summed E-state index contributed by atoms with van der Waals surface area (Å²) in [5, 5.41) is 0.577. The molecule has 2 aliphatic heterocycles. The summed E-state index contributed by atoms with van der Waals surface area (Å²) in [6, 6.07) is 5.67. The molecule has 4 rings (SSSR count). The van der Waals surface area contributed by atoms with E-state index in [0.29, 0.717) is 55.5 Å². The molecule has 1 aromatic heterocycles.